The number of ether oxygens (including phenoxy) is 1. The number of pyridine rings is 1. The molecule has 0 unspecified atom stereocenters. The topological polar surface area (TPSA) is 34.2 Å². The number of aryl methyl sites for hydroxylation is 1. The maximum absolute atomic E-state index is 6.24. The summed E-state index contributed by atoms with van der Waals surface area (Å²) in [6, 6.07) is 3.70. The molecule has 2 rings (SSSR count). The molecular formula is C14H17ClN2O. The fraction of sp³-hybridized carbons (Fsp3) is 0.357. The lowest BCUT2D eigenvalue weighted by Gasteiger charge is -2.16. The quantitative estimate of drug-likeness (QED) is 0.912. The summed E-state index contributed by atoms with van der Waals surface area (Å²) in [6.07, 6.45) is 0. The van der Waals surface area contributed by atoms with E-state index in [0.717, 1.165) is 40.1 Å². The van der Waals surface area contributed by atoms with Crippen molar-refractivity contribution in [1.82, 2.24) is 4.98 Å². The number of nitrogens with zero attached hydrogens (tertiary/aromatic N) is 1. The summed E-state index contributed by atoms with van der Waals surface area (Å²) in [5.41, 5.74) is 3.95. The molecule has 0 aliphatic heterocycles. The van der Waals surface area contributed by atoms with Crippen molar-refractivity contribution in [2.45, 2.75) is 20.8 Å². The van der Waals surface area contributed by atoms with Gasteiger partial charge in [0.25, 0.3) is 0 Å². The first-order chi connectivity index (χ1) is 8.60. The van der Waals surface area contributed by atoms with Crippen LogP contribution < -0.4 is 10.1 Å². The number of aromatic nitrogens is 1. The minimum atomic E-state index is 0.646. The van der Waals surface area contributed by atoms with Crippen molar-refractivity contribution in [2.75, 3.05) is 19.0 Å². The standard InChI is InChI=1S/C14H17ClN2O/c1-5-16-13-8(2)9(3)17-14-10(15)6-7-11(18-4)12(13)14/h6-7H,5H2,1-4H3,(H,16,17). The van der Waals surface area contributed by atoms with Crippen LogP contribution in [0.1, 0.15) is 18.2 Å². The molecule has 3 nitrogen and oxygen atoms in total. The number of methoxy groups -OCH3 is 1. The average molecular weight is 265 g/mol. The largest absolute Gasteiger partial charge is 0.496 e. The molecule has 0 bridgehead atoms. The first-order valence-electron chi connectivity index (χ1n) is 5.97. The van der Waals surface area contributed by atoms with Crippen molar-refractivity contribution in [3.8, 4) is 5.75 Å². The van der Waals surface area contributed by atoms with E-state index in [0.29, 0.717) is 5.02 Å². The number of anilines is 1. The van der Waals surface area contributed by atoms with Crippen LogP contribution in [0.2, 0.25) is 5.02 Å². The number of hydrogen-bond acceptors (Lipinski definition) is 3. The zero-order valence-corrected chi connectivity index (χ0v) is 11.9. The molecule has 0 saturated carbocycles. The predicted octanol–water partition coefficient (Wildman–Crippen LogP) is 3.95. The van der Waals surface area contributed by atoms with Gasteiger partial charge in [0.1, 0.15) is 5.75 Å². The molecular weight excluding hydrogens is 248 g/mol. The van der Waals surface area contributed by atoms with Crippen molar-refractivity contribution < 1.29 is 4.74 Å². The number of benzene rings is 1. The van der Waals surface area contributed by atoms with Crippen LogP contribution in [0, 0.1) is 13.8 Å². The highest BCUT2D eigenvalue weighted by atomic mass is 35.5. The summed E-state index contributed by atoms with van der Waals surface area (Å²) < 4.78 is 5.43. The van der Waals surface area contributed by atoms with E-state index in [9.17, 15) is 0 Å². The Morgan fingerprint density at radius 1 is 1.33 bits per heavy atom. The van der Waals surface area contributed by atoms with Crippen molar-refractivity contribution in [3.63, 3.8) is 0 Å². The van der Waals surface area contributed by atoms with Crippen LogP contribution in [0.3, 0.4) is 0 Å². The molecule has 0 fully saturated rings. The zero-order chi connectivity index (χ0) is 13.3. The minimum absolute atomic E-state index is 0.646. The Balaban J connectivity index is 2.91. The molecule has 0 aliphatic rings. The summed E-state index contributed by atoms with van der Waals surface area (Å²) in [7, 11) is 1.66. The van der Waals surface area contributed by atoms with Crippen molar-refractivity contribution in [3.05, 3.63) is 28.4 Å². The predicted molar refractivity (Wildman–Crippen MR) is 76.9 cm³/mol. The van der Waals surface area contributed by atoms with Crippen LogP contribution in [0.15, 0.2) is 12.1 Å². The van der Waals surface area contributed by atoms with Gasteiger partial charge in [-0.25, -0.2) is 0 Å². The third-order valence-electron chi connectivity index (χ3n) is 3.11. The van der Waals surface area contributed by atoms with Gasteiger partial charge >= 0.3 is 0 Å². The molecule has 0 saturated heterocycles. The van der Waals surface area contributed by atoms with Crippen LogP contribution in [-0.4, -0.2) is 18.6 Å². The summed E-state index contributed by atoms with van der Waals surface area (Å²) >= 11 is 6.24. The summed E-state index contributed by atoms with van der Waals surface area (Å²) in [4.78, 5) is 4.57. The third-order valence-corrected chi connectivity index (χ3v) is 3.42. The summed E-state index contributed by atoms with van der Waals surface area (Å²) in [5, 5.41) is 4.98. The molecule has 0 radical (unpaired) electrons. The molecule has 1 N–H and O–H groups in total. The zero-order valence-electron chi connectivity index (χ0n) is 11.1. The molecule has 1 aromatic carbocycles. The molecule has 1 aromatic heterocycles. The smallest absolute Gasteiger partial charge is 0.130 e. The maximum Gasteiger partial charge on any atom is 0.130 e. The second-order valence-corrected chi connectivity index (χ2v) is 4.61. The number of nitrogens with one attached hydrogen (secondary N) is 1. The van der Waals surface area contributed by atoms with Crippen molar-refractivity contribution in [2.24, 2.45) is 0 Å². The molecule has 0 atom stereocenters. The highest BCUT2D eigenvalue weighted by molar-refractivity contribution is 6.35. The minimum Gasteiger partial charge on any atom is -0.496 e. The number of hydrogen-bond donors (Lipinski definition) is 1. The van der Waals surface area contributed by atoms with E-state index in [1.54, 1.807) is 7.11 Å². The van der Waals surface area contributed by atoms with E-state index in [2.05, 4.69) is 24.1 Å². The molecule has 0 aliphatic carbocycles. The van der Waals surface area contributed by atoms with Gasteiger partial charge in [0.2, 0.25) is 0 Å². The van der Waals surface area contributed by atoms with Crippen LogP contribution in [-0.2, 0) is 0 Å². The molecule has 18 heavy (non-hydrogen) atoms. The van der Waals surface area contributed by atoms with Gasteiger partial charge in [-0.15, -0.1) is 0 Å². The van der Waals surface area contributed by atoms with Crippen molar-refractivity contribution >= 4 is 28.2 Å². The van der Waals surface area contributed by atoms with E-state index in [1.165, 1.54) is 0 Å². The van der Waals surface area contributed by atoms with Gasteiger partial charge in [0, 0.05) is 12.2 Å². The Kier molecular flexibility index (Phi) is 3.62. The average Bonchev–Trinajstić information content (AvgIpc) is 2.36. The lowest BCUT2D eigenvalue weighted by atomic mass is 10.1. The Hall–Kier alpha value is -1.48. The summed E-state index contributed by atoms with van der Waals surface area (Å²) in [5.74, 6) is 0.793. The third kappa shape index (κ3) is 1.99. The van der Waals surface area contributed by atoms with Gasteiger partial charge in [-0.1, -0.05) is 11.6 Å². The number of fused-ring (bicyclic) bond motifs is 1. The second kappa shape index (κ2) is 5.02. The van der Waals surface area contributed by atoms with E-state index in [1.807, 2.05) is 19.1 Å². The van der Waals surface area contributed by atoms with E-state index in [-0.39, 0.29) is 0 Å². The van der Waals surface area contributed by atoms with Crippen LogP contribution >= 0.6 is 11.6 Å². The van der Waals surface area contributed by atoms with Crippen LogP contribution in [0.5, 0.6) is 5.75 Å². The normalized spacial score (nSPS) is 10.7. The monoisotopic (exact) mass is 264 g/mol. The second-order valence-electron chi connectivity index (χ2n) is 4.20. The Morgan fingerprint density at radius 3 is 2.67 bits per heavy atom. The first-order valence-corrected chi connectivity index (χ1v) is 6.35. The molecule has 2 aromatic rings. The fourth-order valence-corrected chi connectivity index (χ4v) is 2.29. The molecule has 4 heteroatoms. The highest BCUT2D eigenvalue weighted by Crippen LogP contribution is 2.38. The number of halogens is 1. The van der Waals surface area contributed by atoms with Crippen molar-refractivity contribution in [1.29, 1.82) is 0 Å². The number of rotatable bonds is 3. The first kappa shape index (κ1) is 13.0. The van der Waals surface area contributed by atoms with Gasteiger partial charge in [-0.2, -0.15) is 0 Å². The van der Waals surface area contributed by atoms with Gasteiger partial charge in [-0.05, 0) is 38.5 Å². The molecule has 0 spiro atoms. The van der Waals surface area contributed by atoms with Gasteiger partial charge < -0.3 is 10.1 Å². The van der Waals surface area contributed by atoms with Gasteiger partial charge in [-0.3, -0.25) is 4.98 Å². The summed E-state index contributed by atoms with van der Waals surface area (Å²) in [6.45, 7) is 6.96. The van der Waals surface area contributed by atoms with Crippen LogP contribution in [0.25, 0.3) is 10.9 Å². The lowest BCUT2D eigenvalue weighted by Crippen LogP contribution is -2.04. The Morgan fingerprint density at radius 2 is 2.06 bits per heavy atom. The van der Waals surface area contributed by atoms with Gasteiger partial charge in [0.05, 0.1) is 28.7 Å². The van der Waals surface area contributed by atoms with E-state index in [4.69, 9.17) is 16.3 Å². The SMILES string of the molecule is CCNc1c(C)c(C)nc2c(Cl)ccc(OC)c12. The van der Waals surface area contributed by atoms with E-state index < -0.39 is 0 Å². The lowest BCUT2D eigenvalue weighted by molar-refractivity contribution is 0.420. The van der Waals surface area contributed by atoms with Crippen LogP contribution in [0.4, 0.5) is 5.69 Å². The Labute approximate surface area is 112 Å². The molecule has 1 heterocycles. The molecule has 96 valence electrons. The van der Waals surface area contributed by atoms with Gasteiger partial charge in [0.15, 0.2) is 0 Å². The maximum atomic E-state index is 6.24. The van der Waals surface area contributed by atoms with E-state index >= 15 is 0 Å². The fourth-order valence-electron chi connectivity index (χ4n) is 2.09. The highest BCUT2D eigenvalue weighted by Gasteiger charge is 2.15. The Bertz CT molecular complexity index is 596. The molecule has 0 amide bonds.